The molecule has 2 heterocycles. The van der Waals surface area contributed by atoms with Gasteiger partial charge in [-0.3, -0.25) is 4.90 Å². The number of hydrogen-bond acceptors (Lipinski definition) is 2. The van der Waals surface area contributed by atoms with Gasteiger partial charge in [0.25, 0.3) is 0 Å². The number of rotatable bonds is 2. The van der Waals surface area contributed by atoms with E-state index in [1.165, 1.54) is 58.0 Å². The predicted molar refractivity (Wildman–Crippen MR) is 86.0 cm³/mol. The van der Waals surface area contributed by atoms with E-state index in [2.05, 4.69) is 37.9 Å². The molecule has 2 nitrogen and oxygen atoms in total. The van der Waals surface area contributed by atoms with Gasteiger partial charge in [0.2, 0.25) is 0 Å². The fraction of sp³-hybridized carbons (Fsp3) is 1.00. The van der Waals surface area contributed by atoms with Crippen LogP contribution in [0.3, 0.4) is 0 Å². The van der Waals surface area contributed by atoms with E-state index in [0.29, 0.717) is 10.8 Å². The lowest BCUT2D eigenvalue weighted by Crippen LogP contribution is -2.52. The number of nitrogens with one attached hydrogen (secondary N) is 1. The Hall–Kier alpha value is -0.0800. The molecule has 1 saturated carbocycles. The third-order valence-electron chi connectivity index (χ3n) is 5.91. The van der Waals surface area contributed by atoms with Crippen molar-refractivity contribution in [3.8, 4) is 0 Å². The van der Waals surface area contributed by atoms with Crippen molar-refractivity contribution >= 4 is 0 Å². The second-order valence-electron chi connectivity index (χ2n) is 9.22. The van der Waals surface area contributed by atoms with Gasteiger partial charge >= 0.3 is 0 Å². The first-order valence-electron chi connectivity index (χ1n) is 8.86. The normalized spacial score (nSPS) is 38.4. The summed E-state index contributed by atoms with van der Waals surface area (Å²) in [6.07, 6.45) is 9.82. The molecule has 0 bridgehead atoms. The highest BCUT2D eigenvalue weighted by Crippen LogP contribution is 2.48. The zero-order valence-electron chi connectivity index (χ0n) is 14.0. The van der Waals surface area contributed by atoms with Crippen LogP contribution in [0.1, 0.15) is 72.6 Å². The molecule has 116 valence electrons. The van der Waals surface area contributed by atoms with E-state index in [1.54, 1.807) is 0 Å². The van der Waals surface area contributed by atoms with E-state index < -0.39 is 0 Å². The summed E-state index contributed by atoms with van der Waals surface area (Å²) in [5.74, 6) is 0. The third-order valence-corrected chi connectivity index (χ3v) is 5.91. The minimum Gasteiger partial charge on any atom is -0.312 e. The first kappa shape index (κ1) is 14.8. The van der Waals surface area contributed by atoms with Gasteiger partial charge in [-0.25, -0.2) is 0 Å². The molecule has 2 aliphatic heterocycles. The Morgan fingerprint density at radius 3 is 2.25 bits per heavy atom. The summed E-state index contributed by atoms with van der Waals surface area (Å²) in [4.78, 5) is 2.91. The molecular weight excluding hydrogens is 244 g/mol. The van der Waals surface area contributed by atoms with Gasteiger partial charge in [-0.05, 0) is 68.9 Å². The average molecular weight is 278 g/mol. The fourth-order valence-electron chi connectivity index (χ4n) is 5.76. The molecule has 20 heavy (non-hydrogen) atoms. The van der Waals surface area contributed by atoms with Gasteiger partial charge in [-0.2, -0.15) is 0 Å². The summed E-state index contributed by atoms with van der Waals surface area (Å²) in [7, 11) is 0. The van der Waals surface area contributed by atoms with Crippen LogP contribution in [0.2, 0.25) is 0 Å². The maximum atomic E-state index is 3.77. The van der Waals surface area contributed by atoms with Crippen LogP contribution in [-0.4, -0.2) is 36.1 Å². The first-order valence-corrected chi connectivity index (χ1v) is 8.86. The van der Waals surface area contributed by atoms with E-state index in [1.807, 2.05) is 0 Å². The van der Waals surface area contributed by atoms with Crippen LogP contribution in [0.5, 0.6) is 0 Å². The zero-order chi connectivity index (χ0) is 14.4. The average Bonchev–Trinajstić information content (AvgIpc) is 2.95. The third kappa shape index (κ3) is 3.06. The minimum atomic E-state index is 0.517. The SMILES string of the molecule is CC1(C)CC(N2CCCC2C2CCCN2)CC(C)(C)C1. The zero-order valence-corrected chi connectivity index (χ0v) is 14.0. The van der Waals surface area contributed by atoms with Gasteiger partial charge in [0.05, 0.1) is 0 Å². The molecule has 1 N–H and O–H groups in total. The second kappa shape index (κ2) is 5.28. The van der Waals surface area contributed by atoms with Crippen LogP contribution in [0.15, 0.2) is 0 Å². The molecular formula is C18H34N2. The highest BCUT2D eigenvalue weighted by molar-refractivity contribution is 4.99. The lowest BCUT2D eigenvalue weighted by Gasteiger charge is -2.49. The molecule has 3 rings (SSSR count). The van der Waals surface area contributed by atoms with E-state index in [4.69, 9.17) is 0 Å². The van der Waals surface area contributed by atoms with Crippen molar-refractivity contribution in [2.45, 2.75) is 90.8 Å². The monoisotopic (exact) mass is 278 g/mol. The summed E-state index contributed by atoms with van der Waals surface area (Å²) in [5, 5.41) is 3.77. The summed E-state index contributed by atoms with van der Waals surface area (Å²) < 4.78 is 0. The molecule has 1 aliphatic carbocycles. The number of likely N-dealkylation sites (tertiary alicyclic amines) is 1. The predicted octanol–water partition coefficient (Wildman–Crippen LogP) is 3.81. The van der Waals surface area contributed by atoms with Crippen molar-refractivity contribution in [3.05, 3.63) is 0 Å². The van der Waals surface area contributed by atoms with E-state index >= 15 is 0 Å². The minimum absolute atomic E-state index is 0.517. The first-order chi connectivity index (χ1) is 9.36. The Labute approximate surface area is 125 Å². The Kier molecular flexibility index (Phi) is 3.92. The van der Waals surface area contributed by atoms with E-state index in [9.17, 15) is 0 Å². The van der Waals surface area contributed by atoms with Gasteiger partial charge in [0.15, 0.2) is 0 Å². The van der Waals surface area contributed by atoms with Crippen LogP contribution < -0.4 is 5.32 Å². The fourth-order valence-corrected chi connectivity index (χ4v) is 5.76. The Morgan fingerprint density at radius 1 is 0.950 bits per heavy atom. The molecule has 0 aromatic rings. The highest BCUT2D eigenvalue weighted by Gasteiger charge is 2.44. The molecule has 0 radical (unpaired) electrons. The summed E-state index contributed by atoms with van der Waals surface area (Å²) in [6, 6.07) is 2.43. The second-order valence-corrected chi connectivity index (χ2v) is 9.22. The van der Waals surface area contributed by atoms with E-state index in [0.717, 1.165) is 18.1 Å². The van der Waals surface area contributed by atoms with Crippen LogP contribution >= 0.6 is 0 Å². The Morgan fingerprint density at radius 2 is 1.65 bits per heavy atom. The van der Waals surface area contributed by atoms with Crippen molar-refractivity contribution in [2.24, 2.45) is 10.8 Å². The Bertz CT molecular complexity index is 325. The van der Waals surface area contributed by atoms with Crippen LogP contribution in [0.4, 0.5) is 0 Å². The number of nitrogens with zero attached hydrogens (tertiary/aromatic N) is 1. The molecule has 3 fully saturated rings. The van der Waals surface area contributed by atoms with Gasteiger partial charge in [0, 0.05) is 18.1 Å². The van der Waals surface area contributed by atoms with Crippen molar-refractivity contribution in [3.63, 3.8) is 0 Å². The highest BCUT2D eigenvalue weighted by atomic mass is 15.2. The maximum Gasteiger partial charge on any atom is 0.0252 e. The summed E-state index contributed by atoms with van der Waals surface area (Å²) in [6.45, 7) is 12.5. The molecule has 3 aliphatic rings. The molecule has 2 unspecified atom stereocenters. The summed E-state index contributed by atoms with van der Waals surface area (Å²) >= 11 is 0. The maximum absolute atomic E-state index is 3.77. The molecule has 0 aromatic carbocycles. The van der Waals surface area contributed by atoms with Crippen LogP contribution in [0.25, 0.3) is 0 Å². The smallest absolute Gasteiger partial charge is 0.0252 e. The van der Waals surface area contributed by atoms with Crippen molar-refractivity contribution in [1.29, 1.82) is 0 Å². The molecule has 0 amide bonds. The molecule has 0 spiro atoms. The number of hydrogen-bond donors (Lipinski definition) is 1. The van der Waals surface area contributed by atoms with Gasteiger partial charge in [-0.1, -0.05) is 27.7 Å². The molecule has 0 aromatic heterocycles. The quantitative estimate of drug-likeness (QED) is 0.826. The molecule has 2 atom stereocenters. The molecule has 2 saturated heterocycles. The van der Waals surface area contributed by atoms with Crippen molar-refractivity contribution in [1.82, 2.24) is 10.2 Å². The Balaban J connectivity index is 1.73. The van der Waals surface area contributed by atoms with Crippen LogP contribution in [0, 0.1) is 10.8 Å². The van der Waals surface area contributed by atoms with E-state index in [-0.39, 0.29) is 0 Å². The summed E-state index contributed by atoms with van der Waals surface area (Å²) in [5.41, 5.74) is 1.03. The topological polar surface area (TPSA) is 15.3 Å². The van der Waals surface area contributed by atoms with Gasteiger partial charge in [-0.15, -0.1) is 0 Å². The standard InChI is InChI=1S/C18H34N2/c1-17(2)11-14(12-18(3,4)13-17)20-10-6-8-16(20)15-7-5-9-19-15/h14-16,19H,5-13H2,1-4H3. The lowest BCUT2D eigenvalue weighted by molar-refractivity contribution is 0.0133. The van der Waals surface area contributed by atoms with Gasteiger partial charge in [0.1, 0.15) is 0 Å². The molecule has 2 heteroatoms. The van der Waals surface area contributed by atoms with Crippen molar-refractivity contribution < 1.29 is 0 Å². The van der Waals surface area contributed by atoms with Gasteiger partial charge < -0.3 is 5.32 Å². The largest absolute Gasteiger partial charge is 0.312 e. The van der Waals surface area contributed by atoms with Crippen molar-refractivity contribution in [2.75, 3.05) is 13.1 Å². The lowest BCUT2D eigenvalue weighted by atomic mass is 9.63. The van der Waals surface area contributed by atoms with Crippen LogP contribution in [-0.2, 0) is 0 Å².